The number of rotatable bonds is 3. The minimum Gasteiger partial charge on any atom is -0.444 e. The minimum absolute atomic E-state index is 0.165. The van der Waals surface area contributed by atoms with Gasteiger partial charge in [0, 0.05) is 26.0 Å². The molecular weight excluding hydrogens is 340 g/mol. The summed E-state index contributed by atoms with van der Waals surface area (Å²) in [6, 6.07) is 10.4. The summed E-state index contributed by atoms with van der Waals surface area (Å²) >= 11 is 0. The van der Waals surface area contributed by atoms with Crippen molar-refractivity contribution in [1.82, 2.24) is 9.88 Å². The van der Waals surface area contributed by atoms with Gasteiger partial charge < -0.3 is 14.4 Å². The lowest BCUT2D eigenvalue weighted by molar-refractivity contribution is 0.00410. The zero-order valence-corrected chi connectivity index (χ0v) is 16.6. The van der Waals surface area contributed by atoms with E-state index in [0.29, 0.717) is 13.2 Å². The van der Waals surface area contributed by atoms with Gasteiger partial charge in [-0.25, -0.2) is 4.79 Å². The summed E-state index contributed by atoms with van der Waals surface area (Å²) in [6.45, 7) is 6.75. The van der Waals surface area contributed by atoms with Crippen LogP contribution in [0.5, 0.6) is 0 Å². The van der Waals surface area contributed by atoms with Gasteiger partial charge in [-0.15, -0.1) is 0 Å². The molecule has 0 bridgehead atoms. The van der Waals surface area contributed by atoms with E-state index in [4.69, 9.17) is 9.47 Å². The Morgan fingerprint density at radius 2 is 2.00 bits per heavy atom. The first kappa shape index (κ1) is 19.4. The van der Waals surface area contributed by atoms with Crippen LogP contribution in [0.4, 0.5) is 4.79 Å². The van der Waals surface area contributed by atoms with Crippen LogP contribution >= 0.6 is 0 Å². The van der Waals surface area contributed by atoms with Gasteiger partial charge >= 0.3 is 6.09 Å². The number of ether oxygens (including phenoxy) is 2. The molecule has 0 N–H and O–H groups in total. The van der Waals surface area contributed by atoms with E-state index in [0.717, 1.165) is 24.0 Å². The highest BCUT2D eigenvalue weighted by atomic mass is 16.6. The number of carbonyl (C=O) groups is 1. The van der Waals surface area contributed by atoms with Crippen molar-refractivity contribution < 1.29 is 14.3 Å². The SMILES string of the molecule is CN(CC1OCCCc2c(-c3ccncc3)cccc21)C(=O)OC(C)(C)C. The lowest BCUT2D eigenvalue weighted by atomic mass is 9.91. The molecule has 0 spiro atoms. The van der Waals surface area contributed by atoms with E-state index in [1.165, 1.54) is 11.1 Å². The molecule has 1 amide bonds. The van der Waals surface area contributed by atoms with Crippen molar-refractivity contribution in [2.45, 2.75) is 45.3 Å². The van der Waals surface area contributed by atoms with E-state index < -0.39 is 5.60 Å². The molecular formula is C22H28N2O3. The second kappa shape index (κ2) is 8.09. The van der Waals surface area contributed by atoms with Gasteiger partial charge in [0.25, 0.3) is 0 Å². The minimum atomic E-state index is -0.512. The maximum Gasteiger partial charge on any atom is 0.410 e. The largest absolute Gasteiger partial charge is 0.444 e. The first-order valence-corrected chi connectivity index (χ1v) is 9.43. The summed E-state index contributed by atoms with van der Waals surface area (Å²) in [5.74, 6) is 0. The van der Waals surface area contributed by atoms with Crippen molar-refractivity contribution in [3.63, 3.8) is 0 Å². The Kier molecular flexibility index (Phi) is 5.80. The van der Waals surface area contributed by atoms with E-state index in [2.05, 4.69) is 23.2 Å². The van der Waals surface area contributed by atoms with E-state index in [9.17, 15) is 4.79 Å². The Balaban J connectivity index is 1.87. The highest BCUT2D eigenvalue weighted by Crippen LogP contribution is 2.34. The third-order valence-electron chi connectivity index (χ3n) is 4.59. The van der Waals surface area contributed by atoms with Crippen LogP contribution in [0.1, 0.15) is 44.4 Å². The third-order valence-corrected chi connectivity index (χ3v) is 4.59. The quantitative estimate of drug-likeness (QED) is 0.793. The average molecular weight is 368 g/mol. The first-order valence-electron chi connectivity index (χ1n) is 9.43. The van der Waals surface area contributed by atoms with Crippen molar-refractivity contribution in [2.24, 2.45) is 0 Å². The van der Waals surface area contributed by atoms with Gasteiger partial charge in [0.1, 0.15) is 11.7 Å². The molecule has 1 aliphatic heterocycles. The van der Waals surface area contributed by atoms with Crippen LogP contribution in [0, 0.1) is 0 Å². The van der Waals surface area contributed by atoms with Crippen LogP contribution in [0.2, 0.25) is 0 Å². The van der Waals surface area contributed by atoms with Crippen molar-refractivity contribution in [3.8, 4) is 11.1 Å². The molecule has 0 saturated heterocycles. The van der Waals surface area contributed by atoms with Gasteiger partial charge in [-0.1, -0.05) is 18.2 Å². The molecule has 2 aromatic rings. The maximum absolute atomic E-state index is 12.4. The molecule has 2 heterocycles. The average Bonchev–Trinajstić information content (AvgIpc) is 2.83. The van der Waals surface area contributed by atoms with Crippen molar-refractivity contribution >= 4 is 6.09 Å². The normalized spacial score (nSPS) is 17.0. The van der Waals surface area contributed by atoms with Gasteiger partial charge in [-0.3, -0.25) is 4.98 Å². The Labute approximate surface area is 161 Å². The lowest BCUT2D eigenvalue weighted by Crippen LogP contribution is -2.37. The topological polar surface area (TPSA) is 51.7 Å². The molecule has 1 aromatic carbocycles. The number of likely N-dealkylation sites (N-methyl/N-ethyl adjacent to an activating group) is 1. The smallest absolute Gasteiger partial charge is 0.410 e. The summed E-state index contributed by atoms with van der Waals surface area (Å²) < 4.78 is 11.6. The Morgan fingerprint density at radius 1 is 1.26 bits per heavy atom. The van der Waals surface area contributed by atoms with Crippen molar-refractivity contribution in [2.75, 3.05) is 20.2 Å². The molecule has 3 rings (SSSR count). The Hall–Kier alpha value is -2.40. The van der Waals surface area contributed by atoms with Crippen LogP contribution in [0.25, 0.3) is 11.1 Å². The second-order valence-electron chi connectivity index (χ2n) is 7.93. The molecule has 1 atom stereocenters. The maximum atomic E-state index is 12.4. The third kappa shape index (κ3) is 4.86. The Morgan fingerprint density at radius 3 is 2.70 bits per heavy atom. The van der Waals surface area contributed by atoms with Crippen LogP contribution in [-0.2, 0) is 15.9 Å². The van der Waals surface area contributed by atoms with Crippen LogP contribution in [-0.4, -0.2) is 41.8 Å². The number of carbonyl (C=O) groups excluding carboxylic acids is 1. The van der Waals surface area contributed by atoms with E-state index in [1.54, 1.807) is 11.9 Å². The summed E-state index contributed by atoms with van der Waals surface area (Å²) in [6.07, 6.45) is 5.05. The molecule has 0 saturated carbocycles. The summed E-state index contributed by atoms with van der Waals surface area (Å²) in [5.41, 5.74) is 4.30. The lowest BCUT2D eigenvalue weighted by Gasteiger charge is -2.28. The molecule has 144 valence electrons. The number of aromatic nitrogens is 1. The predicted octanol–water partition coefficient (Wildman–Crippen LogP) is 4.62. The molecule has 0 aliphatic carbocycles. The number of amides is 1. The summed E-state index contributed by atoms with van der Waals surface area (Å²) in [4.78, 5) is 18.1. The monoisotopic (exact) mass is 368 g/mol. The molecule has 1 aromatic heterocycles. The molecule has 1 unspecified atom stereocenters. The van der Waals surface area contributed by atoms with E-state index in [-0.39, 0.29) is 12.2 Å². The molecule has 1 aliphatic rings. The number of pyridine rings is 1. The second-order valence-corrected chi connectivity index (χ2v) is 7.93. The summed E-state index contributed by atoms with van der Waals surface area (Å²) in [7, 11) is 1.76. The highest BCUT2D eigenvalue weighted by molar-refractivity contribution is 5.69. The predicted molar refractivity (Wildman–Crippen MR) is 106 cm³/mol. The summed E-state index contributed by atoms with van der Waals surface area (Å²) in [5, 5.41) is 0. The van der Waals surface area contributed by atoms with E-state index >= 15 is 0 Å². The van der Waals surface area contributed by atoms with Gasteiger partial charge in [0.15, 0.2) is 0 Å². The number of fused-ring (bicyclic) bond motifs is 1. The first-order chi connectivity index (χ1) is 12.8. The van der Waals surface area contributed by atoms with E-state index in [1.807, 2.05) is 45.3 Å². The highest BCUT2D eigenvalue weighted by Gasteiger charge is 2.26. The van der Waals surface area contributed by atoms with Crippen molar-refractivity contribution in [3.05, 3.63) is 53.9 Å². The fourth-order valence-corrected chi connectivity index (χ4v) is 3.37. The fraction of sp³-hybridized carbons (Fsp3) is 0.455. The van der Waals surface area contributed by atoms with Crippen LogP contribution < -0.4 is 0 Å². The van der Waals surface area contributed by atoms with Gasteiger partial charge in [0.2, 0.25) is 0 Å². The zero-order valence-electron chi connectivity index (χ0n) is 16.6. The number of benzene rings is 1. The van der Waals surface area contributed by atoms with Gasteiger partial charge in [-0.2, -0.15) is 0 Å². The molecule has 5 heteroatoms. The fourth-order valence-electron chi connectivity index (χ4n) is 3.37. The standard InChI is InChI=1S/C22H28N2O3/c1-22(2,3)27-21(25)24(4)15-20-19-8-5-7-17(16-10-12-23-13-11-16)18(19)9-6-14-26-20/h5,7-8,10-13,20H,6,9,14-15H2,1-4H3. The van der Waals surface area contributed by atoms with Gasteiger partial charge in [-0.05, 0) is 68.0 Å². The Bertz CT molecular complexity index is 784. The molecule has 0 fully saturated rings. The number of nitrogens with zero attached hydrogens (tertiary/aromatic N) is 2. The molecule has 0 radical (unpaired) electrons. The van der Waals surface area contributed by atoms with Crippen LogP contribution in [0.15, 0.2) is 42.7 Å². The van der Waals surface area contributed by atoms with Gasteiger partial charge in [0.05, 0.1) is 6.54 Å². The molecule has 27 heavy (non-hydrogen) atoms. The van der Waals surface area contributed by atoms with Crippen molar-refractivity contribution in [1.29, 1.82) is 0 Å². The molecule has 5 nitrogen and oxygen atoms in total. The zero-order chi connectivity index (χ0) is 19.4. The van der Waals surface area contributed by atoms with Crippen LogP contribution in [0.3, 0.4) is 0 Å². The number of hydrogen-bond acceptors (Lipinski definition) is 4. The number of hydrogen-bond donors (Lipinski definition) is 0.